The fourth-order valence-electron chi connectivity index (χ4n) is 4.13. The molecule has 1 aliphatic heterocycles. The standard InChI is InChI=1S/C23H28F2N4O4/c1-13(2)11-29-21(26)19(22(32)27(3)23(29)33)18(30)12-28-8-6-14(7-9-28)20(31)16-10-15(24)4-5-17(16)25/h4-5,10,13-14H,6-9,11-12,26H2,1-3H3. The predicted molar refractivity (Wildman–Crippen MR) is 119 cm³/mol. The second kappa shape index (κ2) is 9.78. The molecule has 0 unspecified atom stereocenters. The maximum atomic E-state index is 13.9. The molecule has 2 N–H and O–H groups in total. The number of benzene rings is 1. The Hall–Kier alpha value is -3.14. The van der Waals surface area contributed by atoms with Crippen molar-refractivity contribution in [2.24, 2.45) is 18.9 Å². The summed E-state index contributed by atoms with van der Waals surface area (Å²) in [6.45, 7) is 4.67. The number of hydrogen-bond donors (Lipinski definition) is 1. The monoisotopic (exact) mass is 462 g/mol. The highest BCUT2D eigenvalue weighted by molar-refractivity contribution is 6.01. The molecule has 1 aromatic heterocycles. The lowest BCUT2D eigenvalue weighted by Gasteiger charge is -2.30. The number of carbonyl (C=O) groups excluding carboxylic acids is 2. The first-order chi connectivity index (χ1) is 15.5. The third-order valence-electron chi connectivity index (χ3n) is 5.93. The van der Waals surface area contributed by atoms with Crippen molar-refractivity contribution in [3.05, 3.63) is 61.8 Å². The van der Waals surface area contributed by atoms with Crippen molar-refractivity contribution >= 4 is 17.4 Å². The first-order valence-corrected chi connectivity index (χ1v) is 10.8. The number of Topliss-reactive ketones (excluding diaryl/α,β-unsaturated/α-hetero) is 2. The van der Waals surface area contributed by atoms with Crippen LogP contribution in [0, 0.1) is 23.5 Å². The lowest BCUT2D eigenvalue weighted by molar-refractivity contribution is 0.0801. The van der Waals surface area contributed by atoms with Crippen LogP contribution in [-0.2, 0) is 13.6 Å². The van der Waals surface area contributed by atoms with E-state index in [1.807, 2.05) is 13.8 Å². The zero-order valence-corrected chi connectivity index (χ0v) is 18.9. The highest BCUT2D eigenvalue weighted by Gasteiger charge is 2.30. The van der Waals surface area contributed by atoms with Gasteiger partial charge in [-0.25, -0.2) is 13.6 Å². The number of nitrogens with zero attached hydrogens (tertiary/aromatic N) is 3. The number of hydrogen-bond acceptors (Lipinski definition) is 6. The Balaban J connectivity index is 1.73. The normalized spacial score (nSPS) is 15.2. The molecule has 0 bridgehead atoms. The van der Waals surface area contributed by atoms with Gasteiger partial charge in [0.25, 0.3) is 5.56 Å². The highest BCUT2D eigenvalue weighted by Crippen LogP contribution is 2.24. The molecule has 2 heterocycles. The summed E-state index contributed by atoms with van der Waals surface area (Å²) in [6, 6.07) is 2.79. The molecule has 2 aromatic rings. The summed E-state index contributed by atoms with van der Waals surface area (Å²) in [5.74, 6) is -2.97. The van der Waals surface area contributed by atoms with Crippen LogP contribution in [0.5, 0.6) is 0 Å². The Morgan fingerprint density at radius 3 is 2.39 bits per heavy atom. The summed E-state index contributed by atoms with van der Waals surface area (Å²) in [5, 5.41) is 0. The molecule has 0 aliphatic carbocycles. The van der Waals surface area contributed by atoms with Crippen LogP contribution in [-0.4, -0.2) is 45.2 Å². The number of piperidine rings is 1. The van der Waals surface area contributed by atoms with Crippen LogP contribution in [0.1, 0.15) is 47.4 Å². The summed E-state index contributed by atoms with van der Waals surface area (Å²) >= 11 is 0. The van der Waals surface area contributed by atoms with Gasteiger partial charge in [-0.15, -0.1) is 0 Å². The van der Waals surface area contributed by atoms with E-state index in [1.54, 1.807) is 4.90 Å². The number of aromatic nitrogens is 2. The van der Waals surface area contributed by atoms with Gasteiger partial charge in [-0.3, -0.25) is 28.4 Å². The minimum atomic E-state index is -0.762. The molecule has 1 fully saturated rings. The third kappa shape index (κ3) is 5.11. The van der Waals surface area contributed by atoms with Gasteiger partial charge in [-0.2, -0.15) is 0 Å². The van der Waals surface area contributed by atoms with Crippen LogP contribution < -0.4 is 17.0 Å². The van der Waals surface area contributed by atoms with Crippen molar-refractivity contribution in [2.75, 3.05) is 25.4 Å². The molecule has 8 nitrogen and oxygen atoms in total. The van der Waals surface area contributed by atoms with Gasteiger partial charge in [-0.05, 0) is 50.0 Å². The van der Waals surface area contributed by atoms with Gasteiger partial charge < -0.3 is 5.73 Å². The van der Waals surface area contributed by atoms with Crippen molar-refractivity contribution in [1.29, 1.82) is 0 Å². The van der Waals surface area contributed by atoms with Gasteiger partial charge >= 0.3 is 5.69 Å². The zero-order valence-electron chi connectivity index (χ0n) is 18.9. The number of nitrogens with two attached hydrogens (primary N) is 1. The minimum Gasteiger partial charge on any atom is -0.384 e. The smallest absolute Gasteiger partial charge is 0.332 e. The van der Waals surface area contributed by atoms with Crippen LogP contribution in [0.4, 0.5) is 14.6 Å². The quantitative estimate of drug-likeness (QED) is 0.630. The van der Waals surface area contributed by atoms with Crippen molar-refractivity contribution in [2.45, 2.75) is 33.2 Å². The Kier molecular flexibility index (Phi) is 7.26. The summed E-state index contributed by atoms with van der Waals surface area (Å²) in [5.41, 5.74) is 4.25. The number of anilines is 1. The molecule has 1 aliphatic rings. The summed E-state index contributed by atoms with van der Waals surface area (Å²) in [7, 11) is 1.31. The fourth-order valence-corrected chi connectivity index (χ4v) is 4.13. The number of ketones is 2. The molecule has 0 amide bonds. The number of halogens is 2. The topological polar surface area (TPSA) is 107 Å². The predicted octanol–water partition coefficient (Wildman–Crippen LogP) is 1.84. The molecule has 178 valence electrons. The molecule has 0 atom stereocenters. The number of likely N-dealkylation sites (tertiary alicyclic amines) is 1. The van der Waals surface area contributed by atoms with E-state index >= 15 is 0 Å². The molecule has 1 aromatic carbocycles. The van der Waals surface area contributed by atoms with Gasteiger partial charge in [0.2, 0.25) is 0 Å². The Morgan fingerprint density at radius 1 is 1.15 bits per heavy atom. The number of carbonyl (C=O) groups is 2. The molecule has 33 heavy (non-hydrogen) atoms. The average Bonchev–Trinajstić information content (AvgIpc) is 2.77. The second-order valence-electron chi connectivity index (χ2n) is 8.87. The van der Waals surface area contributed by atoms with Gasteiger partial charge in [0.05, 0.1) is 12.1 Å². The largest absolute Gasteiger partial charge is 0.384 e. The van der Waals surface area contributed by atoms with Gasteiger partial charge in [-0.1, -0.05) is 13.8 Å². The number of nitrogen functional groups attached to an aromatic ring is 1. The highest BCUT2D eigenvalue weighted by atomic mass is 19.1. The average molecular weight is 462 g/mol. The van der Waals surface area contributed by atoms with E-state index in [4.69, 9.17) is 5.73 Å². The second-order valence-corrected chi connectivity index (χ2v) is 8.87. The maximum Gasteiger partial charge on any atom is 0.332 e. The van der Waals surface area contributed by atoms with Gasteiger partial charge in [0.1, 0.15) is 23.0 Å². The van der Waals surface area contributed by atoms with E-state index in [2.05, 4.69) is 0 Å². The van der Waals surface area contributed by atoms with Crippen LogP contribution in [0.2, 0.25) is 0 Å². The lowest BCUT2D eigenvalue weighted by atomic mass is 9.88. The molecular formula is C23H28F2N4O4. The molecule has 0 spiro atoms. The molecular weight excluding hydrogens is 434 g/mol. The van der Waals surface area contributed by atoms with E-state index in [1.165, 1.54) is 11.6 Å². The van der Waals surface area contributed by atoms with Crippen LogP contribution in [0.15, 0.2) is 27.8 Å². The van der Waals surface area contributed by atoms with Crippen molar-refractivity contribution in [3.8, 4) is 0 Å². The van der Waals surface area contributed by atoms with E-state index in [0.29, 0.717) is 25.9 Å². The van der Waals surface area contributed by atoms with E-state index in [-0.39, 0.29) is 36.0 Å². The molecule has 0 radical (unpaired) electrons. The Morgan fingerprint density at radius 2 is 1.79 bits per heavy atom. The minimum absolute atomic E-state index is 0.0740. The van der Waals surface area contributed by atoms with Gasteiger partial charge in [0.15, 0.2) is 11.6 Å². The van der Waals surface area contributed by atoms with Crippen LogP contribution in [0.25, 0.3) is 0 Å². The third-order valence-corrected chi connectivity index (χ3v) is 5.93. The fraction of sp³-hybridized carbons (Fsp3) is 0.478. The zero-order chi connectivity index (χ0) is 24.4. The molecule has 1 saturated heterocycles. The van der Waals surface area contributed by atoms with Crippen LogP contribution >= 0.6 is 0 Å². The first-order valence-electron chi connectivity index (χ1n) is 10.8. The van der Waals surface area contributed by atoms with E-state index in [0.717, 1.165) is 22.8 Å². The Bertz CT molecular complexity index is 1190. The SMILES string of the molecule is CC(C)Cn1c(N)c(C(=O)CN2CCC(C(=O)c3cc(F)ccc3F)CC2)c(=O)n(C)c1=O. The molecule has 3 rings (SSSR count). The van der Waals surface area contributed by atoms with Gasteiger partial charge in [0, 0.05) is 19.5 Å². The Labute approximate surface area is 189 Å². The lowest BCUT2D eigenvalue weighted by Crippen LogP contribution is -2.45. The van der Waals surface area contributed by atoms with E-state index in [9.17, 15) is 28.0 Å². The summed E-state index contributed by atoms with van der Waals surface area (Å²) in [6.07, 6.45) is 0.727. The van der Waals surface area contributed by atoms with Crippen LogP contribution in [0.3, 0.4) is 0 Å². The maximum absolute atomic E-state index is 13.9. The van der Waals surface area contributed by atoms with Crippen molar-refractivity contribution in [1.82, 2.24) is 14.0 Å². The van der Waals surface area contributed by atoms with Crippen molar-refractivity contribution in [3.63, 3.8) is 0 Å². The summed E-state index contributed by atoms with van der Waals surface area (Å²) in [4.78, 5) is 52.4. The molecule has 10 heteroatoms. The van der Waals surface area contributed by atoms with Crippen molar-refractivity contribution < 1.29 is 18.4 Å². The molecule has 0 saturated carbocycles. The first kappa shape index (κ1) is 24.5. The summed E-state index contributed by atoms with van der Waals surface area (Å²) < 4.78 is 29.5. The number of rotatable bonds is 7. The van der Waals surface area contributed by atoms with E-state index < -0.39 is 40.4 Å².